The standard InChI is InChI=1S/C17H19NO6/c1-22-16(21)24-17(12-19)9-5-8-14(10-17)18-15(20)23-11-13-6-3-2-4-7-13/h2-8,12,14H,9-11H2,1H3,(H,18,20). The van der Waals surface area contributed by atoms with Crippen molar-refractivity contribution in [3.8, 4) is 0 Å². The third-order valence-corrected chi connectivity index (χ3v) is 3.58. The number of rotatable bonds is 5. The van der Waals surface area contributed by atoms with Crippen LogP contribution in [-0.2, 0) is 25.6 Å². The summed E-state index contributed by atoms with van der Waals surface area (Å²) in [5.41, 5.74) is -0.484. The van der Waals surface area contributed by atoms with Crippen molar-refractivity contribution in [3.05, 3.63) is 48.0 Å². The fraction of sp³-hybridized carbons (Fsp3) is 0.353. The van der Waals surface area contributed by atoms with Crippen molar-refractivity contribution in [2.24, 2.45) is 0 Å². The monoisotopic (exact) mass is 333 g/mol. The molecule has 2 unspecified atom stereocenters. The first-order valence-electron chi connectivity index (χ1n) is 7.44. The Hall–Kier alpha value is -2.83. The SMILES string of the molecule is COC(=O)OC1(C=O)CC=CC(NC(=O)OCc2ccccc2)C1. The van der Waals surface area contributed by atoms with Crippen LogP contribution in [0, 0.1) is 0 Å². The molecule has 0 aromatic heterocycles. The molecule has 0 saturated heterocycles. The molecule has 0 spiro atoms. The summed E-state index contributed by atoms with van der Waals surface area (Å²) in [7, 11) is 1.16. The van der Waals surface area contributed by atoms with Crippen LogP contribution >= 0.6 is 0 Å². The molecule has 1 aliphatic rings. The topological polar surface area (TPSA) is 90.9 Å². The van der Waals surface area contributed by atoms with Crippen molar-refractivity contribution < 1.29 is 28.6 Å². The molecule has 0 saturated carbocycles. The van der Waals surface area contributed by atoms with Gasteiger partial charge in [-0.1, -0.05) is 42.5 Å². The lowest BCUT2D eigenvalue weighted by Crippen LogP contribution is -2.47. The molecule has 128 valence electrons. The van der Waals surface area contributed by atoms with E-state index in [4.69, 9.17) is 9.47 Å². The van der Waals surface area contributed by atoms with Crippen LogP contribution in [0.5, 0.6) is 0 Å². The lowest BCUT2D eigenvalue weighted by molar-refractivity contribution is -0.128. The van der Waals surface area contributed by atoms with E-state index in [1.54, 1.807) is 12.2 Å². The molecule has 0 fully saturated rings. The van der Waals surface area contributed by atoms with Gasteiger partial charge in [0.05, 0.1) is 13.2 Å². The summed E-state index contributed by atoms with van der Waals surface area (Å²) < 4.78 is 14.6. The highest BCUT2D eigenvalue weighted by molar-refractivity contribution is 5.72. The predicted octanol–water partition coefficient (Wildman–Crippen LogP) is 2.35. The van der Waals surface area contributed by atoms with E-state index in [0.717, 1.165) is 12.7 Å². The number of ether oxygens (including phenoxy) is 3. The molecule has 0 heterocycles. The van der Waals surface area contributed by atoms with Gasteiger partial charge in [0.1, 0.15) is 6.61 Å². The molecule has 1 aromatic rings. The number of carbonyl (C=O) groups excluding carboxylic acids is 3. The van der Waals surface area contributed by atoms with Gasteiger partial charge in [-0.2, -0.15) is 0 Å². The Labute approximate surface area is 139 Å². The minimum atomic E-state index is -1.35. The molecule has 7 heteroatoms. The number of nitrogens with one attached hydrogen (secondary N) is 1. The fourth-order valence-corrected chi connectivity index (χ4v) is 2.38. The lowest BCUT2D eigenvalue weighted by Gasteiger charge is -2.32. The van der Waals surface area contributed by atoms with Crippen molar-refractivity contribution >= 4 is 18.5 Å². The first-order valence-corrected chi connectivity index (χ1v) is 7.44. The van der Waals surface area contributed by atoms with E-state index in [0.29, 0.717) is 6.29 Å². The van der Waals surface area contributed by atoms with Gasteiger partial charge in [0, 0.05) is 12.8 Å². The number of methoxy groups -OCH3 is 1. The van der Waals surface area contributed by atoms with Crippen LogP contribution in [-0.4, -0.2) is 37.3 Å². The van der Waals surface area contributed by atoms with Crippen LogP contribution in [0.25, 0.3) is 0 Å². The average molecular weight is 333 g/mol. The van der Waals surface area contributed by atoms with Crippen LogP contribution in [0.15, 0.2) is 42.5 Å². The summed E-state index contributed by atoms with van der Waals surface area (Å²) in [5.74, 6) is 0. The summed E-state index contributed by atoms with van der Waals surface area (Å²) in [6, 6.07) is 8.77. The molecule has 1 amide bonds. The van der Waals surface area contributed by atoms with Crippen LogP contribution in [0.2, 0.25) is 0 Å². The molecule has 0 aliphatic heterocycles. The highest BCUT2D eigenvalue weighted by Crippen LogP contribution is 2.26. The minimum absolute atomic E-state index is 0.114. The number of hydrogen-bond acceptors (Lipinski definition) is 6. The van der Waals surface area contributed by atoms with Crippen molar-refractivity contribution in [2.45, 2.75) is 31.1 Å². The van der Waals surface area contributed by atoms with Gasteiger partial charge in [0.15, 0.2) is 11.9 Å². The van der Waals surface area contributed by atoms with Crippen LogP contribution in [0.3, 0.4) is 0 Å². The van der Waals surface area contributed by atoms with Gasteiger partial charge in [-0.25, -0.2) is 9.59 Å². The Morgan fingerprint density at radius 1 is 1.33 bits per heavy atom. The molecule has 1 aliphatic carbocycles. The van der Waals surface area contributed by atoms with Crippen molar-refractivity contribution in [1.82, 2.24) is 5.32 Å². The fourth-order valence-electron chi connectivity index (χ4n) is 2.38. The second-order valence-electron chi connectivity index (χ2n) is 5.39. The van der Waals surface area contributed by atoms with Crippen LogP contribution in [0.1, 0.15) is 18.4 Å². The predicted molar refractivity (Wildman–Crippen MR) is 84.2 cm³/mol. The molecule has 0 bridgehead atoms. The first kappa shape index (κ1) is 17.5. The van der Waals surface area contributed by atoms with Gasteiger partial charge >= 0.3 is 12.2 Å². The molecule has 7 nitrogen and oxygen atoms in total. The summed E-state index contributed by atoms with van der Waals surface area (Å²) in [6.07, 6.45) is 2.73. The Balaban J connectivity index is 1.88. The zero-order valence-electron chi connectivity index (χ0n) is 13.3. The largest absolute Gasteiger partial charge is 0.508 e. The third-order valence-electron chi connectivity index (χ3n) is 3.58. The number of alkyl carbamates (subject to hydrolysis) is 1. The van der Waals surface area contributed by atoms with Gasteiger partial charge in [0.2, 0.25) is 0 Å². The molecule has 24 heavy (non-hydrogen) atoms. The van der Waals surface area contributed by atoms with Gasteiger partial charge in [0.25, 0.3) is 0 Å². The minimum Gasteiger partial charge on any atom is -0.445 e. The van der Waals surface area contributed by atoms with E-state index in [9.17, 15) is 14.4 Å². The summed E-state index contributed by atoms with van der Waals surface area (Å²) >= 11 is 0. The molecular weight excluding hydrogens is 314 g/mol. The summed E-state index contributed by atoms with van der Waals surface area (Å²) in [4.78, 5) is 34.5. The number of amides is 1. The zero-order chi connectivity index (χ0) is 17.4. The van der Waals surface area contributed by atoms with Crippen LogP contribution in [0.4, 0.5) is 9.59 Å². The van der Waals surface area contributed by atoms with E-state index in [-0.39, 0.29) is 19.4 Å². The molecule has 2 rings (SSSR count). The number of benzene rings is 1. The van der Waals surface area contributed by atoms with Gasteiger partial charge in [-0.3, -0.25) is 4.79 Å². The molecular formula is C17H19NO6. The molecule has 2 atom stereocenters. The average Bonchev–Trinajstić information content (AvgIpc) is 2.61. The second kappa shape index (κ2) is 8.14. The number of carbonyl (C=O) groups is 3. The van der Waals surface area contributed by atoms with E-state index >= 15 is 0 Å². The normalized spacial score (nSPS) is 22.3. The van der Waals surface area contributed by atoms with Crippen molar-refractivity contribution in [3.63, 3.8) is 0 Å². The van der Waals surface area contributed by atoms with Crippen molar-refractivity contribution in [1.29, 1.82) is 0 Å². The number of aldehydes is 1. The second-order valence-corrected chi connectivity index (χ2v) is 5.39. The quantitative estimate of drug-likeness (QED) is 0.505. The maximum absolute atomic E-state index is 11.9. The lowest BCUT2D eigenvalue weighted by atomic mass is 9.87. The summed E-state index contributed by atoms with van der Waals surface area (Å²) in [5, 5.41) is 2.63. The zero-order valence-corrected chi connectivity index (χ0v) is 13.3. The van der Waals surface area contributed by atoms with E-state index in [2.05, 4.69) is 10.1 Å². The van der Waals surface area contributed by atoms with E-state index in [1.807, 2.05) is 30.3 Å². The highest BCUT2D eigenvalue weighted by atomic mass is 16.7. The Bertz CT molecular complexity index is 615. The van der Waals surface area contributed by atoms with Gasteiger partial charge in [-0.15, -0.1) is 0 Å². The number of hydrogen-bond donors (Lipinski definition) is 1. The van der Waals surface area contributed by atoms with Crippen LogP contribution < -0.4 is 5.32 Å². The third kappa shape index (κ3) is 4.84. The summed E-state index contributed by atoms with van der Waals surface area (Å²) in [6.45, 7) is 0.139. The first-order chi connectivity index (χ1) is 11.6. The Morgan fingerprint density at radius 2 is 2.08 bits per heavy atom. The Kier molecular flexibility index (Phi) is 5.95. The van der Waals surface area contributed by atoms with E-state index in [1.165, 1.54) is 0 Å². The maximum atomic E-state index is 11.9. The molecule has 1 aromatic carbocycles. The highest BCUT2D eigenvalue weighted by Gasteiger charge is 2.38. The van der Waals surface area contributed by atoms with Gasteiger partial charge in [-0.05, 0) is 5.56 Å². The maximum Gasteiger partial charge on any atom is 0.508 e. The van der Waals surface area contributed by atoms with E-state index < -0.39 is 23.9 Å². The molecule has 0 radical (unpaired) electrons. The van der Waals surface area contributed by atoms with Crippen molar-refractivity contribution in [2.75, 3.05) is 7.11 Å². The molecule has 1 N–H and O–H groups in total. The smallest absolute Gasteiger partial charge is 0.445 e. The van der Waals surface area contributed by atoms with Gasteiger partial charge < -0.3 is 19.5 Å². The Morgan fingerprint density at radius 3 is 2.75 bits per heavy atom.